The van der Waals surface area contributed by atoms with Crippen LogP contribution in [0.25, 0.3) is 0 Å². The molecule has 28 heavy (non-hydrogen) atoms. The van der Waals surface area contributed by atoms with E-state index in [0.717, 1.165) is 25.7 Å². The summed E-state index contributed by atoms with van der Waals surface area (Å²) in [5.74, 6) is -0.524. The predicted molar refractivity (Wildman–Crippen MR) is 106 cm³/mol. The van der Waals surface area contributed by atoms with Gasteiger partial charge in [-0.1, -0.05) is 24.4 Å². The molecule has 2 saturated heterocycles. The van der Waals surface area contributed by atoms with Crippen molar-refractivity contribution in [1.29, 1.82) is 0 Å². The largest absolute Gasteiger partial charge is 0.324 e. The summed E-state index contributed by atoms with van der Waals surface area (Å²) in [7, 11) is -3.64. The molecule has 0 aliphatic carbocycles. The van der Waals surface area contributed by atoms with Crippen molar-refractivity contribution in [3.63, 3.8) is 0 Å². The molecule has 2 amide bonds. The molecular formula is C18H25ClN4O4S. The van der Waals surface area contributed by atoms with Crippen molar-refractivity contribution in [2.75, 3.05) is 25.0 Å². The highest BCUT2D eigenvalue weighted by molar-refractivity contribution is 7.89. The number of hydrogen-bond acceptors (Lipinski definition) is 5. The van der Waals surface area contributed by atoms with E-state index in [2.05, 4.69) is 10.7 Å². The van der Waals surface area contributed by atoms with Crippen molar-refractivity contribution in [2.45, 2.75) is 50.0 Å². The number of carbonyl (C=O) groups excluding carboxylic acids is 2. The third kappa shape index (κ3) is 4.83. The monoisotopic (exact) mass is 428 g/mol. The van der Waals surface area contributed by atoms with Crippen molar-refractivity contribution in [1.82, 2.24) is 14.7 Å². The summed E-state index contributed by atoms with van der Waals surface area (Å²) in [5, 5.41) is 4.45. The second kappa shape index (κ2) is 8.77. The first-order valence-corrected chi connectivity index (χ1v) is 11.2. The molecule has 1 aromatic carbocycles. The second-order valence-corrected chi connectivity index (χ2v) is 9.57. The minimum Gasteiger partial charge on any atom is -0.324 e. The molecule has 1 atom stereocenters. The summed E-state index contributed by atoms with van der Waals surface area (Å²) in [6.07, 6.45) is 4.07. The van der Waals surface area contributed by atoms with Crippen molar-refractivity contribution >= 4 is 39.1 Å². The Morgan fingerprint density at radius 3 is 2.54 bits per heavy atom. The van der Waals surface area contributed by atoms with Crippen LogP contribution in [-0.4, -0.2) is 55.2 Å². The quantitative estimate of drug-likeness (QED) is 0.747. The third-order valence-corrected chi connectivity index (χ3v) is 7.23. The van der Waals surface area contributed by atoms with Crippen LogP contribution in [0.5, 0.6) is 0 Å². The lowest BCUT2D eigenvalue weighted by Gasteiger charge is -2.21. The minimum atomic E-state index is -3.64. The number of benzene rings is 1. The van der Waals surface area contributed by atoms with Gasteiger partial charge in [-0.15, -0.1) is 0 Å². The maximum atomic E-state index is 13.0. The van der Waals surface area contributed by atoms with E-state index >= 15 is 0 Å². The predicted octanol–water partition coefficient (Wildman–Crippen LogP) is 1.97. The number of hydrazine groups is 1. The number of sulfonamides is 1. The molecule has 8 nitrogen and oxygen atoms in total. The molecule has 10 heteroatoms. The maximum absolute atomic E-state index is 13.0. The summed E-state index contributed by atoms with van der Waals surface area (Å²) >= 11 is 6.16. The SMILES string of the molecule is C[C@H]1CC(=O)NN1CC(=O)Nc1cc(S(=O)(=O)N2CCCCCC2)ccc1Cl. The highest BCUT2D eigenvalue weighted by Gasteiger charge is 2.29. The molecule has 3 rings (SSSR count). The van der Waals surface area contributed by atoms with Gasteiger partial charge < -0.3 is 5.32 Å². The van der Waals surface area contributed by atoms with Crippen LogP contribution in [-0.2, 0) is 19.6 Å². The molecule has 2 aliphatic rings. The molecule has 2 N–H and O–H groups in total. The summed E-state index contributed by atoms with van der Waals surface area (Å²) in [6.45, 7) is 2.79. The first kappa shape index (κ1) is 21.0. The Morgan fingerprint density at radius 2 is 1.93 bits per heavy atom. The van der Waals surface area contributed by atoms with Gasteiger partial charge in [0.15, 0.2) is 0 Å². The van der Waals surface area contributed by atoms with Gasteiger partial charge in [-0.2, -0.15) is 4.31 Å². The van der Waals surface area contributed by atoms with E-state index in [9.17, 15) is 18.0 Å². The van der Waals surface area contributed by atoms with Crippen LogP contribution in [0.2, 0.25) is 5.02 Å². The molecule has 0 unspecified atom stereocenters. The van der Waals surface area contributed by atoms with Gasteiger partial charge >= 0.3 is 0 Å². The first-order chi connectivity index (χ1) is 13.3. The Balaban J connectivity index is 1.74. The number of amides is 2. The van der Waals surface area contributed by atoms with Crippen molar-refractivity contribution in [3.05, 3.63) is 23.2 Å². The molecule has 0 saturated carbocycles. The maximum Gasteiger partial charge on any atom is 0.243 e. The molecule has 2 fully saturated rings. The number of nitrogens with zero attached hydrogens (tertiary/aromatic N) is 2. The molecule has 0 aromatic heterocycles. The van der Waals surface area contributed by atoms with E-state index in [0.29, 0.717) is 19.5 Å². The Morgan fingerprint density at radius 1 is 1.25 bits per heavy atom. The van der Waals surface area contributed by atoms with E-state index in [4.69, 9.17) is 11.6 Å². The standard InChI is InChI=1S/C18H25ClN4O4S/c1-13-10-17(24)21-23(13)12-18(25)20-16-11-14(6-7-15(16)19)28(26,27)22-8-4-2-3-5-9-22/h6-7,11,13H,2-5,8-10,12H2,1H3,(H,20,25)(H,21,24)/t13-/m0/s1. The second-order valence-electron chi connectivity index (χ2n) is 7.22. The zero-order valence-corrected chi connectivity index (χ0v) is 17.4. The zero-order chi connectivity index (χ0) is 20.3. The lowest BCUT2D eigenvalue weighted by atomic mass is 10.2. The fraction of sp³-hybridized carbons (Fsp3) is 0.556. The zero-order valence-electron chi connectivity index (χ0n) is 15.8. The lowest BCUT2D eigenvalue weighted by Crippen LogP contribution is -2.42. The normalized spacial score (nSPS) is 21.9. The van der Waals surface area contributed by atoms with Crippen molar-refractivity contribution < 1.29 is 18.0 Å². The molecule has 0 radical (unpaired) electrons. The van der Waals surface area contributed by atoms with Crippen LogP contribution in [0, 0.1) is 0 Å². The summed E-state index contributed by atoms with van der Waals surface area (Å²) in [5.41, 5.74) is 2.85. The molecule has 2 heterocycles. The number of halogens is 1. The average molecular weight is 429 g/mol. The van der Waals surface area contributed by atoms with Gasteiger partial charge in [0.25, 0.3) is 0 Å². The van der Waals surface area contributed by atoms with E-state index in [1.54, 1.807) is 5.01 Å². The topological polar surface area (TPSA) is 98.8 Å². The molecule has 0 bridgehead atoms. The number of anilines is 1. The van der Waals surface area contributed by atoms with Crippen LogP contribution >= 0.6 is 11.6 Å². The summed E-state index contributed by atoms with van der Waals surface area (Å²) in [4.78, 5) is 23.9. The molecular weight excluding hydrogens is 404 g/mol. The fourth-order valence-electron chi connectivity index (χ4n) is 3.43. The van der Waals surface area contributed by atoms with Crippen molar-refractivity contribution in [3.8, 4) is 0 Å². The fourth-order valence-corrected chi connectivity index (χ4v) is 5.13. The molecule has 154 valence electrons. The van der Waals surface area contributed by atoms with E-state index in [1.807, 2.05) is 6.92 Å². The van der Waals surface area contributed by atoms with Crippen LogP contribution < -0.4 is 10.7 Å². The first-order valence-electron chi connectivity index (χ1n) is 9.43. The molecule has 2 aliphatic heterocycles. The lowest BCUT2D eigenvalue weighted by molar-refractivity contribution is -0.122. The number of carbonyl (C=O) groups is 2. The van der Waals surface area contributed by atoms with Gasteiger partial charge in [-0.05, 0) is 38.0 Å². The number of nitrogens with one attached hydrogen (secondary N) is 2. The minimum absolute atomic E-state index is 0.0493. The number of hydrogen-bond donors (Lipinski definition) is 2. The van der Waals surface area contributed by atoms with Gasteiger partial charge in [0.05, 0.1) is 22.2 Å². The number of rotatable bonds is 5. The van der Waals surface area contributed by atoms with Gasteiger partial charge in [0.1, 0.15) is 0 Å². The summed E-state index contributed by atoms with van der Waals surface area (Å²) in [6, 6.07) is 4.23. The average Bonchev–Trinajstić information content (AvgIpc) is 2.83. The molecule has 1 aromatic rings. The Kier molecular flexibility index (Phi) is 6.59. The summed E-state index contributed by atoms with van der Waals surface area (Å²) < 4.78 is 27.4. The smallest absolute Gasteiger partial charge is 0.243 e. The van der Waals surface area contributed by atoms with Gasteiger partial charge in [0, 0.05) is 25.6 Å². The van der Waals surface area contributed by atoms with Crippen LogP contribution in [0.1, 0.15) is 39.0 Å². The highest BCUT2D eigenvalue weighted by atomic mass is 35.5. The Hall–Kier alpha value is -1.68. The Labute approximate surface area is 170 Å². The van der Waals surface area contributed by atoms with Gasteiger partial charge in [-0.25, -0.2) is 13.4 Å². The van der Waals surface area contributed by atoms with E-state index in [-0.39, 0.29) is 40.0 Å². The van der Waals surface area contributed by atoms with Gasteiger partial charge in [-0.3, -0.25) is 15.0 Å². The Bertz CT molecular complexity index is 853. The third-order valence-electron chi connectivity index (χ3n) is 5.01. The van der Waals surface area contributed by atoms with E-state index in [1.165, 1.54) is 22.5 Å². The van der Waals surface area contributed by atoms with Crippen molar-refractivity contribution in [2.24, 2.45) is 0 Å². The van der Waals surface area contributed by atoms with Crippen LogP contribution in [0.15, 0.2) is 23.1 Å². The van der Waals surface area contributed by atoms with Crippen LogP contribution in [0.4, 0.5) is 5.69 Å². The highest BCUT2D eigenvalue weighted by Crippen LogP contribution is 2.28. The molecule has 0 spiro atoms. The van der Waals surface area contributed by atoms with E-state index < -0.39 is 10.0 Å². The van der Waals surface area contributed by atoms with Crippen LogP contribution in [0.3, 0.4) is 0 Å². The van der Waals surface area contributed by atoms with Gasteiger partial charge in [0.2, 0.25) is 21.8 Å².